The van der Waals surface area contributed by atoms with Gasteiger partial charge in [-0.05, 0) is 36.4 Å². The SMILES string of the molecule is O=C(O)CNC(=O)c1ccc(NS(=O)(=O)c2ccc(Cl)c([N+](=O)[O-])c2)cc1. The van der Waals surface area contributed by atoms with Crippen LogP contribution in [0.25, 0.3) is 0 Å². The number of nitrogens with one attached hydrogen (secondary N) is 2. The van der Waals surface area contributed by atoms with Crippen molar-refractivity contribution in [3.05, 3.63) is 63.2 Å². The smallest absolute Gasteiger partial charge is 0.322 e. The van der Waals surface area contributed by atoms with Gasteiger partial charge >= 0.3 is 5.97 Å². The van der Waals surface area contributed by atoms with Crippen molar-refractivity contribution in [3.8, 4) is 0 Å². The summed E-state index contributed by atoms with van der Waals surface area (Å²) in [4.78, 5) is 31.9. The molecular weight excluding hydrogens is 402 g/mol. The number of benzene rings is 2. The zero-order valence-electron chi connectivity index (χ0n) is 13.4. The standard InChI is InChI=1S/C15H12ClN3O7S/c16-12-6-5-11(7-13(12)19(23)24)27(25,26)18-10-3-1-9(2-4-10)15(22)17-8-14(20)21/h1-7,18H,8H2,(H,17,22)(H,20,21). The maximum atomic E-state index is 12.4. The number of carbonyl (C=O) groups is 2. The average molecular weight is 414 g/mol. The van der Waals surface area contributed by atoms with E-state index in [1.165, 1.54) is 24.3 Å². The van der Waals surface area contributed by atoms with Crippen molar-refractivity contribution in [2.75, 3.05) is 11.3 Å². The molecule has 0 saturated heterocycles. The summed E-state index contributed by atoms with van der Waals surface area (Å²) in [5.74, 6) is -1.84. The highest BCUT2D eigenvalue weighted by Gasteiger charge is 2.21. The maximum Gasteiger partial charge on any atom is 0.322 e. The van der Waals surface area contributed by atoms with Gasteiger partial charge in [-0.15, -0.1) is 0 Å². The van der Waals surface area contributed by atoms with E-state index in [0.29, 0.717) is 0 Å². The Morgan fingerprint density at radius 2 is 1.78 bits per heavy atom. The molecule has 0 unspecified atom stereocenters. The van der Waals surface area contributed by atoms with E-state index in [0.717, 1.165) is 18.2 Å². The third-order valence-electron chi connectivity index (χ3n) is 3.22. The Bertz CT molecular complexity index is 1010. The molecule has 3 N–H and O–H groups in total. The fraction of sp³-hybridized carbons (Fsp3) is 0.0667. The molecule has 0 aliphatic rings. The Labute approximate surface area is 158 Å². The Morgan fingerprint density at radius 1 is 1.15 bits per heavy atom. The minimum atomic E-state index is -4.13. The minimum absolute atomic E-state index is 0.0994. The van der Waals surface area contributed by atoms with Crippen LogP contribution in [0.15, 0.2) is 47.4 Å². The Balaban J connectivity index is 2.18. The molecule has 0 heterocycles. The fourth-order valence-corrected chi connectivity index (χ4v) is 3.23. The molecule has 27 heavy (non-hydrogen) atoms. The van der Waals surface area contributed by atoms with E-state index in [9.17, 15) is 28.1 Å². The van der Waals surface area contributed by atoms with Gasteiger partial charge in [-0.25, -0.2) is 8.42 Å². The van der Waals surface area contributed by atoms with Gasteiger partial charge in [-0.2, -0.15) is 0 Å². The van der Waals surface area contributed by atoms with E-state index in [2.05, 4.69) is 10.0 Å². The quantitative estimate of drug-likeness (QED) is 0.462. The average Bonchev–Trinajstić information content (AvgIpc) is 2.59. The molecule has 0 saturated carbocycles. The Hall–Kier alpha value is -3.18. The van der Waals surface area contributed by atoms with Crippen LogP contribution in [-0.4, -0.2) is 36.9 Å². The molecule has 10 nitrogen and oxygen atoms in total. The van der Waals surface area contributed by atoms with Gasteiger partial charge in [-0.1, -0.05) is 11.6 Å². The normalized spacial score (nSPS) is 10.9. The van der Waals surface area contributed by atoms with Gasteiger partial charge in [0.2, 0.25) is 0 Å². The van der Waals surface area contributed by atoms with Crippen LogP contribution >= 0.6 is 11.6 Å². The highest BCUT2D eigenvalue weighted by atomic mass is 35.5. The van der Waals surface area contributed by atoms with Crippen LogP contribution in [0, 0.1) is 10.1 Å². The number of nitro groups is 1. The number of halogens is 1. The molecule has 0 atom stereocenters. The summed E-state index contributed by atoms with van der Waals surface area (Å²) < 4.78 is 26.9. The minimum Gasteiger partial charge on any atom is -0.480 e. The van der Waals surface area contributed by atoms with E-state index < -0.39 is 39.1 Å². The molecule has 0 spiro atoms. The number of carboxylic acid groups (broad SMARTS) is 1. The number of carbonyl (C=O) groups excluding carboxylic acids is 1. The van der Waals surface area contributed by atoms with Gasteiger partial charge in [0.05, 0.1) is 9.82 Å². The molecule has 142 valence electrons. The van der Waals surface area contributed by atoms with E-state index in [4.69, 9.17) is 16.7 Å². The van der Waals surface area contributed by atoms with Crippen LogP contribution in [0.4, 0.5) is 11.4 Å². The van der Waals surface area contributed by atoms with Gasteiger partial charge in [0.1, 0.15) is 11.6 Å². The number of nitro benzene ring substituents is 1. The second-order valence-corrected chi connectivity index (χ2v) is 7.22. The number of anilines is 1. The van der Waals surface area contributed by atoms with Crippen LogP contribution < -0.4 is 10.0 Å². The zero-order chi connectivity index (χ0) is 20.2. The number of rotatable bonds is 7. The first-order valence-corrected chi connectivity index (χ1v) is 9.03. The predicted molar refractivity (Wildman–Crippen MR) is 95.3 cm³/mol. The molecule has 0 aromatic heterocycles. The first-order chi connectivity index (χ1) is 12.6. The van der Waals surface area contributed by atoms with E-state index >= 15 is 0 Å². The molecule has 0 bridgehead atoms. The van der Waals surface area contributed by atoms with E-state index in [-0.39, 0.29) is 21.2 Å². The second kappa shape index (κ2) is 8.01. The van der Waals surface area contributed by atoms with Gasteiger partial charge < -0.3 is 10.4 Å². The summed E-state index contributed by atoms with van der Waals surface area (Å²) in [6, 6.07) is 8.21. The van der Waals surface area contributed by atoms with Crippen LogP contribution in [0.2, 0.25) is 5.02 Å². The largest absolute Gasteiger partial charge is 0.480 e. The van der Waals surface area contributed by atoms with Crippen LogP contribution in [0.3, 0.4) is 0 Å². The van der Waals surface area contributed by atoms with E-state index in [1.54, 1.807) is 0 Å². The first kappa shape index (κ1) is 20.1. The molecule has 0 aliphatic heterocycles. The number of sulfonamides is 1. The molecule has 12 heteroatoms. The van der Waals surface area contributed by atoms with Crippen molar-refractivity contribution in [3.63, 3.8) is 0 Å². The maximum absolute atomic E-state index is 12.4. The van der Waals surface area contributed by atoms with Crippen molar-refractivity contribution in [1.82, 2.24) is 5.32 Å². The third kappa shape index (κ3) is 5.15. The number of hydrogen-bond donors (Lipinski definition) is 3. The van der Waals surface area contributed by atoms with Crippen LogP contribution in [-0.2, 0) is 14.8 Å². The van der Waals surface area contributed by atoms with Crippen LogP contribution in [0.1, 0.15) is 10.4 Å². The number of hydrogen-bond acceptors (Lipinski definition) is 6. The Morgan fingerprint density at radius 3 is 2.33 bits per heavy atom. The highest BCUT2D eigenvalue weighted by molar-refractivity contribution is 7.92. The first-order valence-electron chi connectivity index (χ1n) is 7.17. The summed E-state index contributed by atoms with van der Waals surface area (Å²) in [6.45, 7) is -0.553. The molecule has 2 aromatic carbocycles. The van der Waals surface area contributed by atoms with Crippen molar-refractivity contribution in [2.24, 2.45) is 0 Å². The van der Waals surface area contributed by atoms with Gasteiger partial charge in [0, 0.05) is 17.3 Å². The molecule has 0 fully saturated rings. The molecule has 2 aromatic rings. The fourth-order valence-electron chi connectivity index (χ4n) is 1.96. The van der Waals surface area contributed by atoms with Crippen molar-refractivity contribution >= 4 is 44.9 Å². The lowest BCUT2D eigenvalue weighted by molar-refractivity contribution is -0.384. The van der Waals surface area contributed by atoms with Crippen molar-refractivity contribution in [2.45, 2.75) is 4.90 Å². The van der Waals surface area contributed by atoms with Crippen molar-refractivity contribution in [1.29, 1.82) is 0 Å². The van der Waals surface area contributed by atoms with Gasteiger partial charge in [0.15, 0.2) is 0 Å². The third-order valence-corrected chi connectivity index (χ3v) is 4.92. The number of amides is 1. The van der Waals surface area contributed by atoms with Gasteiger partial charge in [0.25, 0.3) is 21.6 Å². The summed E-state index contributed by atoms with van der Waals surface area (Å²) >= 11 is 5.66. The molecule has 2 rings (SSSR count). The summed E-state index contributed by atoms with van der Waals surface area (Å²) in [6.07, 6.45) is 0. The lowest BCUT2D eigenvalue weighted by atomic mass is 10.2. The summed E-state index contributed by atoms with van der Waals surface area (Å²) in [5.41, 5.74) is -0.325. The number of carboxylic acids is 1. The van der Waals surface area contributed by atoms with Gasteiger partial charge in [-0.3, -0.25) is 24.4 Å². The summed E-state index contributed by atoms with van der Waals surface area (Å²) in [5, 5.41) is 21.4. The number of aliphatic carboxylic acids is 1. The molecule has 0 radical (unpaired) electrons. The molecular formula is C15H12ClN3O7S. The zero-order valence-corrected chi connectivity index (χ0v) is 15.0. The summed E-state index contributed by atoms with van der Waals surface area (Å²) in [7, 11) is -4.13. The monoisotopic (exact) mass is 413 g/mol. The topological polar surface area (TPSA) is 156 Å². The predicted octanol–water partition coefficient (Wildman–Crippen LogP) is 1.86. The van der Waals surface area contributed by atoms with E-state index in [1.807, 2.05) is 0 Å². The lowest BCUT2D eigenvalue weighted by Crippen LogP contribution is -2.29. The second-order valence-electron chi connectivity index (χ2n) is 5.13. The Kier molecular flexibility index (Phi) is 5.98. The molecule has 1 amide bonds. The van der Waals surface area contributed by atoms with Crippen LogP contribution in [0.5, 0.6) is 0 Å². The number of nitrogens with zero attached hydrogens (tertiary/aromatic N) is 1. The lowest BCUT2D eigenvalue weighted by Gasteiger charge is -2.09. The molecule has 0 aliphatic carbocycles. The highest BCUT2D eigenvalue weighted by Crippen LogP contribution is 2.28. The van der Waals surface area contributed by atoms with Crippen molar-refractivity contribution < 1.29 is 28.0 Å².